The molecule has 1 unspecified atom stereocenters. The van der Waals surface area contributed by atoms with Crippen molar-refractivity contribution < 1.29 is 28.2 Å². The number of methoxy groups -OCH3 is 1. The molecule has 0 aromatic heterocycles. The Balaban J connectivity index is 1.19. The molecule has 5 rings (SSSR count). The molecule has 0 bridgehead atoms. The lowest BCUT2D eigenvalue weighted by molar-refractivity contribution is -0.141. The molecular formula is C37H37FN2O5. The zero-order chi connectivity index (χ0) is 31.6. The van der Waals surface area contributed by atoms with Gasteiger partial charge < -0.3 is 19.7 Å². The van der Waals surface area contributed by atoms with Gasteiger partial charge in [0, 0.05) is 35.7 Å². The number of anilines is 2. The molecule has 4 aromatic carbocycles. The zero-order valence-corrected chi connectivity index (χ0v) is 25.3. The Morgan fingerprint density at radius 3 is 2.27 bits per heavy atom. The van der Waals surface area contributed by atoms with E-state index in [0.29, 0.717) is 54.2 Å². The summed E-state index contributed by atoms with van der Waals surface area (Å²) >= 11 is 0. The lowest BCUT2D eigenvalue weighted by Gasteiger charge is -2.32. The fraction of sp³-hybridized carbons (Fsp3) is 0.270. The molecule has 232 valence electrons. The minimum Gasteiger partial charge on any atom is -0.494 e. The Morgan fingerprint density at radius 1 is 0.889 bits per heavy atom. The second-order valence-corrected chi connectivity index (χ2v) is 11.1. The maximum Gasteiger partial charge on any atom is 0.328 e. The number of ketones is 1. The molecule has 8 heteroatoms. The number of hydrogen-bond acceptors (Lipinski definition) is 6. The molecular weight excluding hydrogens is 571 g/mol. The van der Waals surface area contributed by atoms with Gasteiger partial charge in [-0.2, -0.15) is 0 Å². The van der Waals surface area contributed by atoms with Gasteiger partial charge in [-0.15, -0.1) is 0 Å². The summed E-state index contributed by atoms with van der Waals surface area (Å²) in [5, 5.41) is 3.22. The van der Waals surface area contributed by atoms with Crippen molar-refractivity contribution >= 4 is 29.0 Å². The van der Waals surface area contributed by atoms with E-state index in [0.717, 1.165) is 24.8 Å². The summed E-state index contributed by atoms with van der Waals surface area (Å²) in [5.74, 6) is -0.437. The number of nitrogens with zero attached hydrogens (tertiary/aromatic N) is 1. The van der Waals surface area contributed by atoms with Crippen LogP contribution in [0.4, 0.5) is 15.8 Å². The van der Waals surface area contributed by atoms with Crippen molar-refractivity contribution in [2.75, 3.05) is 30.5 Å². The summed E-state index contributed by atoms with van der Waals surface area (Å²) in [4.78, 5) is 40.5. The van der Waals surface area contributed by atoms with Crippen molar-refractivity contribution in [3.8, 4) is 5.75 Å². The molecule has 45 heavy (non-hydrogen) atoms. The Labute approximate surface area is 263 Å². The monoisotopic (exact) mass is 608 g/mol. The van der Waals surface area contributed by atoms with E-state index in [1.165, 1.54) is 13.2 Å². The standard InChI is InChI=1S/C37H37FN2O5/c1-44-37(43)33(39-32-17-7-5-15-30(32)35(41)27-11-3-2-4-12-27)25-26-19-21-29(22-20-26)45-24-10-23-40(36(42)28-13-9-14-28)34-18-8-6-16-31(34)38/h2-8,11-12,15-22,28,33,39H,9-10,13-14,23-25H2,1H3. The maximum atomic E-state index is 14.5. The fourth-order valence-electron chi connectivity index (χ4n) is 5.34. The van der Waals surface area contributed by atoms with Crippen LogP contribution >= 0.6 is 0 Å². The normalized spacial score (nSPS) is 13.3. The van der Waals surface area contributed by atoms with E-state index >= 15 is 0 Å². The van der Waals surface area contributed by atoms with Gasteiger partial charge in [0.15, 0.2) is 5.78 Å². The molecule has 0 spiro atoms. The lowest BCUT2D eigenvalue weighted by atomic mass is 9.84. The summed E-state index contributed by atoms with van der Waals surface area (Å²) in [5.41, 5.74) is 2.74. The van der Waals surface area contributed by atoms with Gasteiger partial charge in [-0.25, -0.2) is 9.18 Å². The minimum atomic E-state index is -0.732. The molecule has 4 aromatic rings. The second kappa shape index (κ2) is 15.1. The largest absolute Gasteiger partial charge is 0.494 e. The highest BCUT2D eigenvalue weighted by atomic mass is 19.1. The highest BCUT2D eigenvalue weighted by Gasteiger charge is 2.31. The number of halogens is 1. The minimum absolute atomic E-state index is 0.0310. The molecule has 0 aliphatic heterocycles. The molecule has 0 saturated heterocycles. The average molecular weight is 609 g/mol. The predicted molar refractivity (Wildman–Crippen MR) is 172 cm³/mol. The molecule has 1 atom stereocenters. The van der Waals surface area contributed by atoms with Crippen molar-refractivity contribution in [3.05, 3.63) is 126 Å². The number of carbonyl (C=O) groups excluding carboxylic acids is 3. The number of amides is 1. The highest BCUT2D eigenvalue weighted by molar-refractivity contribution is 6.12. The fourth-order valence-corrected chi connectivity index (χ4v) is 5.34. The number of nitrogens with one attached hydrogen (secondary N) is 1. The maximum absolute atomic E-state index is 14.5. The summed E-state index contributed by atoms with van der Waals surface area (Å²) in [6, 6.07) is 29.1. The van der Waals surface area contributed by atoms with Gasteiger partial charge in [-0.3, -0.25) is 9.59 Å². The number of hydrogen-bond donors (Lipinski definition) is 1. The quantitative estimate of drug-likeness (QED) is 0.0957. The molecule has 1 aliphatic carbocycles. The molecule has 7 nitrogen and oxygen atoms in total. The van der Waals surface area contributed by atoms with Gasteiger partial charge in [0.2, 0.25) is 5.91 Å². The number of rotatable bonds is 14. The Kier molecular flexibility index (Phi) is 10.6. The molecule has 1 fully saturated rings. The third-order valence-electron chi connectivity index (χ3n) is 8.04. The first kappa shape index (κ1) is 31.4. The van der Waals surface area contributed by atoms with Gasteiger partial charge in [-0.1, -0.05) is 73.2 Å². The van der Waals surface area contributed by atoms with E-state index in [9.17, 15) is 18.8 Å². The van der Waals surface area contributed by atoms with Gasteiger partial charge in [0.25, 0.3) is 0 Å². The molecule has 0 heterocycles. The number of carbonyl (C=O) groups is 3. The van der Waals surface area contributed by atoms with Crippen LogP contribution in [0.1, 0.15) is 47.2 Å². The van der Waals surface area contributed by atoms with E-state index in [2.05, 4.69) is 5.32 Å². The average Bonchev–Trinajstić information content (AvgIpc) is 3.05. The number of para-hydroxylation sites is 2. The number of esters is 1. The van der Waals surface area contributed by atoms with Crippen LogP contribution in [0.5, 0.6) is 5.75 Å². The van der Waals surface area contributed by atoms with E-state index in [-0.39, 0.29) is 17.6 Å². The topological polar surface area (TPSA) is 84.9 Å². The number of ether oxygens (including phenoxy) is 2. The van der Waals surface area contributed by atoms with Crippen LogP contribution in [0.3, 0.4) is 0 Å². The van der Waals surface area contributed by atoms with Crippen LogP contribution in [0.25, 0.3) is 0 Å². The third-order valence-corrected chi connectivity index (χ3v) is 8.04. The van der Waals surface area contributed by atoms with Gasteiger partial charge >= 0.3 is 5.97 Å². The smallest absolute Gasteiger partial charge is 0.328 e. The zero-order valence-electron chi connectivity index (χ0n) is 25.3. The van der Waals surface area contributed by atoms with Crippen molar-refractivity contribution in [2.45, 2.75) is 38.1 Å². The van der Waals surface area contributed by atoms with Crippen LogP contribution in [-0.2, 0) is 20.7 Å². The Morgan fingerprint density at radius 2 is 1.58 bits per heavy atom. The molecule has 0 radical (unpaired) electrons. The van der Waals surface area contributed by atoms with Crippen LogP contribution in [0.2, 0.25) is 0 Å². The molecule has 1 saturated carbocycles. The first-order valence-electron chi connectivity index (χ1n) is 15.3. The first-order valence-corrected chi connectivity index (χ1v) is 15.3. The van der Waals surface area contributed by atoms with Crippen molar-refractivity contribution in [1.29, 1.82) is 0 Å². The van der Waals surface area contributed by atoms with Gasteiger partial charge in [0.05, 0.1) is 19.4 Å². The molecule has 1 amide bonds. The van der Waals surface area contributed by atoms with Crippen LogP contribution < -0.4 is 15.0 Å². The molecule has 1 aliphatic rings. The lowest BCUT2D eigenvalue weighted by Crippen LogP contribution is -2.40. The first-order chi connectivity index (χ1) is 21.9. The van der Waals surface area contributed by atoms with Crippen LogP contribution in [0, 0.1) is 11.7 Å². The van der Waals surface area contributed by atoms with E-state index < -0.39 is 17.8 Å². The van der Waals surface area contributed by atoms with Crippen LogP contribution in [-0.4, -0.2) is 44.0 Å². The van der Waals surface area contributed by atoms with E-state index in [4.69, 9.17) is 9.47 Å². The van der Waals surface area contributed by atoms with Crippen LogP contribution in [0.15, 0.2) is 103 Å². The third kappa shape index (κ3) is 7.95. The van der Waals surface area contributed by atoms with Gasteiger partial charge in [0.1, 0.15) is 17.6 Å². The highest BCUT2D eigenvalue weighted by Crippen LogP contribution is 2.31. The Bertz CT molecular complexity index is 1600. The summed E-state index contributed by atoms with van der Waals surface area (Å²) in [6.45, 7) is 0.704. The summed E-state index contributed by atoms with van der Waals surface area (Å²) in [6.07, 6.45) is 3.57. The van der Waals surface area contributed by atoms with Crippen molar-refractivity contribution in [3.63, 3.8) is 0 Å². The second-order valence-electron chi connectivity index (χ2n) is 11.1. The summed E-state index contributed by atoms with van der Waals surface area (Å²) in [7, 11) is 1.34. The number of benzene rings is 4. The van der Waals surface area contributed by atoms with E-state index in [1.807, 2.05) is 48.5 Å². The predicted octanol–water partition coefficient (Wildman–Crippen LogP) is 6.86. The van der Waals surface area contributed by atoms with Gasteiger partial charge in [-0.05, 0) is 61.2 Å². The van der Waals surface area contributed by atoms with Crippen molar-refractivity contribution in [2.24, 2.45) is 5.92 Å². The molecule has 1 N–H and O–H groups in total. The van der Waals surface area contributed by atoms with E-state index in [1.54, 1.807) is 53.4 Å². The Hall–Kier alpha value is -4.98. The summed E-state index contributed by atoms with van der Waals surface area (Å²) < 4.78 is 25.5. The SMILES string of the molecule is COC(=O)C(Cc1ccc(OCCCN(C(=O)C2CCC2)c2ccccc2F)cc1)Nc1ccccc1C(=O)c1ccccc1. The van der Waals surface area contributed by atoms with Crippen molar-refractivity contribution in [1.82, 2.24) is 0 Å².